The number of hydrogen-bond donors (Lipinski definition) is 1. The maximum atomic E-state index is 13.1. The molecule has 0 saturated heterocycles. The lowest BCUT2D eigenvalue weighted by Gasteiger charge is -2.10. The van der Waals surface area contributed by atoms with Gasteiger partial charge >= 0.3 is 6.16 Å². The Morgan fingerprint density at radius 2 is 1.34 bits per heavy atom. The molecule has 7 heteroatoms. The van der Waals surface area contributed by atoms with Crippen molar-refractivity contribution >= 4 is 45.2 Å². The predicted molar refractivity (Wildman–Crippen MR) is 150 cm³/mol. The summed E-state index contributed by atoms with van der Waals surface area (Å²) in [6.07, 6.45) is -0.674. The van der Waals surface area contributed by atoms with Crippen LogP contribution in [0.15, 0.2) is 66.7 Å². The second kappa shape index (κ2) is 12.8. The third kappa shape index (κ3) is 7.16. The van der Waals surface area contributed by atoms with Crippen LogP contribution in [0, 0.1) is 11.3 Å². The van der Waals surface area contributed by atoms with E-state index in [2.05, 4.69) is 4.57 Å². The molecule has 4 aromatic rings. The minimum absolute atomic E-state index is 0.0426. The van der Waals surface area contributed by atoms with Crippen molar-refractivity contribution < 1.29 is 23.9 Å². The lowest BCUT2D eigenvalue weighted by atomic mass is 10.0. The zero-order valence-corrected chi connectivity index (χ0v) is 22.5. The summed E-state index contributed by atoms with van der Waals surface area (Å²) in [6.45, 7) is 9.65. The zero-order valence-electron chi connectivity index (χ0n) is 22.5. The van der Waals surface area contributed by atoms with Gasteiger partial charge in [0.2, 0.25) is 0 Å². The first-order valence-electron chi connectivity index (χ1n) is 12.6. The van der Waals surface area contributed by atoms with Gasteiger partial charge in [-0.05, 0) is 62.6 Å². The predicted octanol–water partition coefficient (Wildman–Crippen LogP) is 6.82. The molecule has 0 bridgehead atoms. The van der Waals surface area contributed by atoms with Crippen LogP contribution in [-0.4, -0.2) is 41.2 Å². The summed E-state index contributed by atoms with van der Waals surface area (Å²) in [5.74, 6) is 0.364. The molecule has 0 radical (unpaired) electrons. The quantitative estimate of drug-likeness (QED) is 0.158. The van der Waals surface area contributed by atoms with Crippen LogP contribution in [0.2, 0.25) is 0 Å². The maximum absolute atomic E-state index is 13.1. The minimum Gasteiger partial charge on any atom is -0.434 e. The van der Waals surface area contributed by atoms with E-state index in [1.807, 2.05) is 80.6 Å². The first-order chi connectivity index (χ1) is 18.1. The molecule has 0 atom stereocenters. The van der Waals surface area contributed by atoms with E-state index in [1.54, 1.807) is 6.92 Å². The average molecular weight is 515 g/mol. The number of rotatable bonds is 8. The van der Waals surface area contributed by atoms with Gasteiger partial charge in [0.05, 0.1) is 13.2 Å². The number of Topliss-reactive ketones (excluding diaryl/α,β-unsaturated/α-hetero) is 1. The summed E-state index contributed by atoms with van der Waals surface area (Å²) < 4.78 is 12.4. The van der Waals surface area contributed by atoms with Crippen LogP contribution in [0.3, 0.4) is 0 Å². The largest absolute Gasteiger partial charge is 0.508 e. The highest BCUT2D eigenvalue weighted by Gasteiger charge is 2.16. The van der Waals surface area contributed by atoms with E-state index in [1.165, 1.54) is 13.8 Å². The summed E-state index contributed by atoms with van der Waals surface area (Å²) in [7, 11) is 0. The van der Waals surface area contributed by atoms with Crippen LogP contribution in [0.25, 0.3) is 21.8 Å². The van der Waals surface area contributed by atoms with Gasteiger partial charge in [-0.3, -0.25) is 4.79 Å². The molecule has 38 heavy (non-hydrogen) atoms. The topological polar surface area (TPSA) is 98.5 Å². The van der Waals surface area contributed by atoms with Gasteiger partial charge in [0.1, 0.15) is 12.4 Å². The second-order valence-corrected chi connectivity index (χ2v) is 9.65. The lowest BCUT2D eigenvalue weighted by molar-refractivity contribution is -0.115. The molecule has 1 heterocycles. The molecule has 0 saturated carbocycles. The van der Waals surface area contributed by atoms with Crippen LogP contribution in [0.5, 0.6) is 0 Å². The molecule has 3 aromatic carbocycles. The third-order valence-corrected chi connectivity index (χ3v) is 5.67. The fourth-order valence-electron chi connectivity index (χ4n) is 3.97. The van der Waals surface area contributed by atoms with Crippen molar-refractivity contribution in [3.63, 3.8) is 0 Å². The summed E-state index contributed by atoms with van der Waals surface area (Å²) in [5, 5.41) is 9.91. The van der Waals surface area contributed by atoms with Gasteiger partial charge < -0.3 is 24.2 Å². The number of carbonyl (C=O) groups excluding carboxylic acids is 3. The summed E-state index contributed by atoms with van der Waals surface area (Å²) >= 11 is 0. The van der Waals surface area contributed by atoms with E-state index in [4.69, 9.17) is 14.9 Å². The first kappa shape index (κ1) is 28.3. The van der Waals surface area contributed by atoms with E-state index < -0.39 is 6.16 Å². The van der Waals surface area contributed by atoms with Crippen molar-refractivity contribution in [2.24, 2.45) is 5.92 Å². The van der Waals surface area contributed by atoms with Crippen molar-refractivity contribution in [3.8, 4) is 0 Å². The summed E-state index contributed by atoms with van der Waals surface area (Å²) in [5.41, 5.74) is 4.40. The van der Waals surface area contributed by atoms with Crippen LogP contribution < -0.4 is 0 Å². The highest BCUT2D eigenvalue weighted by molar-refractivity contribution is 6.15. The van der Waals surface area contributed by atoms with Gasteiger partial charge in [0, 0.05) is 38.6 Å². The molecule has 0 amide bonds. The molecule has 1 aromatic heterocycles. The summed E-state index contributed by atoms with van der Waals surface area (Å²) in [6, 6.07) is 20.7. The molecule has 4 rings (SSSR count). The first-order valence-corrected chi connectivity index (χ1v) is 12.6. The molecular formula is C31H34N2O5. The Morgan fingerprint density at radius 1 is 0.789 bits per heavy atom. The monoisotopic (exact) mass is 514 g/mol. The smallest absolute Gasteiger partial charge is 0.434 e. The molecule has 0 aliphatic carbocycles. The number of ketones is 2. The fourth-order valence-corrected chi connectivity index (χ4v) is 3.97. The van der Waals surface area contributed by atoms with Crippen molar-refractivity contribution in [1.82, 2.24) is 4.57 Å². The van der Waals surface area contributed by atoms with E-state index >= 15 is 0 Å². The Morgan fingerprint density at radius 3 is 1.89 bits per heavy atom. The van der Waals surface area contributed by atoms with E-state index in [0.717, 1.165) is 27.4 Å². The molecule has 0 unspecified atom stereocenters. The molecule has 0 spiro atoms. The van der Waals surface area contributed by atoms with Crippen molar-refractivity contribution in [2.45, 2.75) is 41.2 Å². The Kier molecular flexibility index (Phi) is 9.55. The molecule has 198 valence electrons. The number of carbonyl (C=O) groups is 3. The highest BCUT2D eigenvalue weighted by atomic mass is 16.7. The number of aromatic nitrogens is 1. The lowest BCUT2D eigenvalue weighted by Crippen LogP contribution is -2.15. The fraction of sp³-hybridized carbons (Fsp3) is 0.290. The van der Waals surface area contributed by atoms with Gasteiger partial charge in [0.15, 0.2) is 5.78 Å². The number of nitrogens with one attached hydrogen (secondary N) is 1. The van der Waals surface area contributed by atoms with E-state index in [0.29, 0.717) is 30.0 Å². The van der Waals surface area contributed by atoms with Crippen LogP contribution >= 0.6 is 0 Å². The van der Waals surface area contributed by atoms with Crippen molar-refractivity contribution in [1.29, 1.82) is 5.41 Å². The Bertz CT molecular complexity index is 1460. The Hall–Kier alpha value is -4.26. The van der Waals surface area contributed by atoms with Gasteiger partial charge in [0.25, 0.3) is 0 Å². The van der Waals surface area contributed by atoms with E-state index in [-0.39, 0.29) is 24.1 Å². The van der Waals surface area contributed by atoms with Gasteiger partial charge in [-0.2, -0.15) is 0 Å². The highest BCUT2D eigenvalue weighted by Crippen LogP contribution is 2.31. The van der Waals surface area contributed by atoms with Gasteiger partial charge in [-0.15, -0.1) is 0 Å². The molecule has 1 N–H and O–H groups in total. The van der Waals surface area contributed by atoms with Crippen LogP contribution in [0.4, 0.5) is 4.79 Å². The Balaban J connectivity index is 0.000000934. The van der Waals surface area contributed by atoms with Gasteiger partial charge in [-0.1, -0.05) is 50.2 Å². The van der Waals surface area contributed by atoms with Crippen LogP contribution in [0.1, 0.15) is 56.1 Å². The molecular weight excluding hydrogens is 480 g/mol. The number of hydrogen-bond acceptors (Lipinski definition) is 6. The minimum atomic E-state index is -0.674. The molecule has 0 aliphatic heterocycles. The van der Waals surface area contributed by atoms with E-state index in [9.17, 15) is 14.4 Å². The van der Waals surface area contributed by atoms with Crippen molar-refractivity contribution in [2.75, 3.05) is 13.2 Å². The zero-order chi connectivity index (χ0) is 27.8. The van der Waals surface area contributed by atoms with Crippen LogP contribution in [-0.2, 0) is 20.8 Å². The summed E-state index contributed by atoms with van der Waals surface area (Å²) in [4.78, 5) is 34.4. The number of benzene rings is 3. The maximum Gasteiger partial charge on any atom is 0.508 e. The standard InChI is InChI=1S/C28H28N2O4.C3H6O/c1-18(2)17-34-28(32)33-14-13-30-25-11-9-21(19(3)29)15-23(25)24-16-22(10-12-26(24)30)27(31)20-7-5-4-6-8-20;1-3(2)4/h4-12,15-16,18,29H,13-14,17H2,1-3H3;1-2H3. The number of nitrogens with zero attached hydrogens (tertiary/aromatic N) is 1. The number of fused-ring (bicyclic) bond motifs is 3. The molecule has 0 aliphatic rings. The normalized spacial score (nSPS) is 10.7. The van der Waals surface area contributed by atoms with Crippen molar-refractivity contribution in [3.05, 3.63) is 83.4 Å². The third-order valence-electron chi connectivity index (χ3n) is 5.67. The van der Waals surface area contributed by atoms with Gasteiger partial charge in [-0.25, -0.2) is 4.79 Å². The SMILES string of the molecule is CC(=N)c1ccc2c(c1)c1cc(C(=O)c3ccccc3)ccc1n2CCOC(=O)OCC(C)C.CC(C)=O. The second-order valence-electron chi connectivity index (χ2n) is 9.65. The molecule has 7 nitrogen and oxygen atoms in total. The average Bonchev–Trinajstić information content (AvgIpc) is 3.19. The Labute approximate surface area is 222 Å². The number of ether oxygens (including phenoxy) is 2. The molecule has 0 fully saturated rings.